The number of hydrogen-bond donors (Lipinski definition) is 2. The van der Waals surface area contributed by atoms with Gasteiger partial charge in [0, 0.05) is 30.8 Å². The van der Waals surface area contributed by atoms with Gasteiger partial charge in [0.2, 0.25) is 5.91 Å². The number of aromatic nitrogens is 2. The Balaban J connectivity index is 1.59. The van der Waals surface area contributed by atoms with E-state index in [-0.39, 0.29) is 30.5 Å². The van der Waals surface area contributed by atoms with Crippen molar-refractivity contribution in [1.82, 2.24) is 15.1 Å². The molecular weight excluding hydrogens is 364 g/mol. The molecule has 0 unspecified atom stereocenters. The highest BCUT2D eigenvalue weighted by Gasteiger charge is 2.07. The summed E-state index contributed by atoms with van der Waals surface area (Å²) in [5.74, 6) is -0.429. The number of thiophene rings is 1. The molecule has 0 aliphatic heterocycles. The minimum atomic E-state index is -0.258. The van der Waals surface area contributed by atoms with Crippen LogP contribution in [0.25, 0.3) is 10.6 Å². The van der Waals surface area contributed by atoms with Crippen molar-refractivity contribution in [1.29, 1.82) is 0 Å². The summed E-state index contributed by atoms with van der Waals surface area (Å²) in [6.07, 6.45) is 0. The molecule has 3 rings (SSSR count). The first-order valence-corrected chi connectivity index (χ1v) is 9.19. The van der Waals surface area contributed by atoms with Gasteiger partial charge in [0.25, 0.3) is 11.5 Å². The Hall–Kier alpha value is -3.26. The normalized spacial score (nSPS) is 10.4. The van der Waals surface area contributed by atoms with E-state index in [1.165, 1.54) is 17.7 Å². The number of hydrogen-bond acceptors (Lipinski definition) is 5. The first kappa shape index (κ1) is 18.5. The second kappa shape index (κ2) is 8.41. The highest BCUT2D eigenvalue weighted by Crippen LogP contribution is 2.20. The van der Waals surface area contributed by atoms with Crippen LogP contribution in [0.1, 0.15) is 17.3 Å². The lowest BCUT2D eigenvalue weighted by molar-refractivity contribution is -0.114. The van der Waals surface area contributed by atoms with E-state index in [1.807, 2.05) is 17.5 Å². The van der Waals surface area contributed by atoms with E-state index in [4.69, 9.17) is 0 Å². The summed E-state index contributed by atoms with van der Waals surface area (Å²) in [6.45, 7) is 1.96. The van der Waals surface area contributed by atoms with Crippen molar-refractivity contribution in [3.8, 4) is 10.6 Å². The summed E-state index contributed by atoms with van der Waals surface area (Å²) < 4.78 is 1.34. The van der Waals surface area contributed by atoms with Crippen molar-refractivity contribution < 1.29 is 9.59 Å². The molecule has 0 radical (unpaired) electrons. The van der Waals surface area contributed by atoms with Crippen LogP contribution in [0.15, 0.2) is 58.7 Å². The zero-order valence-electron chi connectivity index (χ0n) is 14.6. The monoisotopic (exact) mass is 382 g/mol. The van der Waals surface area contributed by atoms with E-state index < -0.39 is 0 Å². The van der Waals surface area contributed by atoms with Crippen LogP contribution >= 0.6 is 11.3 Å². The van der Waals surface area contributed by atoms with Gasteiger partial charge in [-0.3, -0.25) is 14.4 Å². The number of rotatable bonds is 6. The first-order chi connectivity index (χ1) is 13.0. The summed E-state index contributed by atoms with van der Waals surface area (Å²) in [5.41, 5.74) is 1.60. The highest BCUT2D eigenvalue weighted by molar-refractivity contribution is 7.13. The van der Waals surface area contributed by atoms with Crippen molar-refractivity contribution in [2.75, 3.05) is 11.9 Å². The van der Waals surface area contributed by atoms with Gasteiger partial charge in [-0.1, -0.05) is 6.07 Å². The van der Waals surface area contributed by atoms with Crippen molar-refractivity contribution >= 4 is 28.8 Å². The van der Waals surface area contributed by atoms with Crippen molar-refractivity contribution in [3.05, 3.63) is 69.8 Å². The maximum Gasteiger partial charge on any atom is 0.266 e. The Morgan fingerprint density at radius 2 is 1.89 bits per heavy atom. The number of carbonyl (C=O) groups excluding carboxylic acids is 2. The number of nitrogens with one attached hydrogen (secondary N) is 2. The lowest BCUT2D eigenvalue weighted by atomic mass is 10.2. The number of anilines is 1. The van der Waals surface area contributed by atoms with Gasteiger partial charge in [-0.25, -0.2) is 4.68 Å². The maximum atomic E-state index is 12.2. The fourth-order valence-electron chi connectivity index (χ4n) is 2.45. The van der Waals surface area contributed by atoms with Crippen LogP contribution in [0.5, 0.6) is 0 Å². The third kappa shape index (κ3) is 4.89. The summed E-state index contributed by atoms with van der Waals surface area (Å²) in [4.78, 5) is 36.2. The number of amides is 2. The fraction of sp³-hybridized carbons (Fsp3) is 0.158. The topological polar surface area (TPSA) is 93.1 Å². The number of nitrogens with zero attached hydrogens (tertiary/aromatic N) is 2. The third-order valence-electron chi connectivity index (χ3n) is 3.72. The van der Waals surface area contributed by atoms with Gasteiger partial charge in [-0.2, -0.15) is 5.10 Å². The highest BCUT2D eigenvalue weighted by atomic mass is 32.1. The predicted octanol–water partition coefficient (Wildman–Crippen LogP) is 2.36. The smallest absolute Gasteiger partial charge is 0.266 e. The molecule has 2 amide bonds. The van der Waals surface area contributed by atoms with Gasteiger partial charge in [0.1, 0.15) is 5.69 Å². The molecule has 0 bridgehead atoms. The zero-order valence-corrected chi connectivity index (χ0v) is 15.5. The Kier molecular flexibility index (Phi) is 5.77. The Labute approximate surface area is 159 Å². The van der Waals surface area contributed by atoms with E-state index in [0.717, 1.165) is 10.6 Å². The van der Waals surface area contributed by atoms with Crippen molar-refractivity contribution in [3.63, 3.8) is 0 Å². The van der Waals surface area contributed by atoms with Gasteiger partial charge in [0.05, 0.1) is 11.4 Å². The molecule has 0 aliphatic rings. The molecule has 3 aromatic rings. The molecule has 1 aromatic carbocycles. The van der Waals surface area contributed by atoms with Crippen molar-refractivity contribution in [2.45, 2.75) is 13.5 Å². The van der Waals surface area contributed by atoms with Crippen LogP contribution in [0, 0.1) is 0 Å². The number of benzene rings is 1. The van der Waals surface area contributed by atoms with E-state index in [9.17, 15) is 14.4 Å². The molecule has 0 spiro atoms. The standard InChI is InChI=1S/C19H18N4O3S/c1-13(24)21-15-6-4-14(5-7-15)19(26)20-10-11-23-18(25)9-8-16(22-23)17-3-2-12-27-17/h2-9,12H,10-11H2,1H3,(H,20,26)(H,21,24). The van der Waals surface area contributed by atoms with Gasteiger partial charge >= 0.3 is 0 Å². The quantitative estimate of drug-likeness (QED) is 0.684. The molecule has 0 aliphatic carbocycles. The molecule has 0 atom stereocenters. The predicted molar refractivity (Wildman–Crippen MR) is 105 cm³/mol. The van der Waals surface area contributed by atoms with Crippen LogP contribution in [0.2, 0.25) is 0 Å². The second-order valence-electron chi connectivity index (χ2n) is 5.77. The molecule has 0 fully saturated rings. The van der Waals surface area contributed by atoms with E-state index in [2.05, 4.69) is 15.7 Å². The average Bonchev–Trinajstić information content (AvgIpc) is 3.18. The van der Waals surface area contributed by atoms with Gasteiger partial charge in [0.15, 0.2) is 0 Å². The molecule has 2 heterocycles. The lowest BCUT2D eigenvalue weighted by Gasteiger charge is -2.08. The summed E-state index contributed by atoms with van der Waals surface area (Å²) in [6, 6.07) is 13.6. The molecule has 8 heteroatoms. The minimum Gasteiger partial charge on any atom is -0.350 e. The SMILES string of the molecule is CC(=O)Nc1ccc(C(=O)NCCn2nc(-c3cccs3)ccc2=O)cc1. The maximum absolute atomic E-state index is 12.2. The first-order valence-electron chi connectivity index (χ1n) is 8.31. The summed E-state index contributed by atoms with van der Waals surface area (Å²) >= 11 is 1.55. The Morgan fingerprint density at radius 1 is 1.11 bits per heavy atom. The van der Waals surface area contributed by atoms with Gasteiger partial charge in [-0.05, 0) is 41.8 Å². The number of carbonyl (C=O) groups is 2. The largest absolute Gasteiger partial charge is 0.350 e. The lowest BCUT2D eigenvalue weighted by Crippen LogP contribution is -2.31. The van der Waals surface area contributed by atoms with Crippen LogP contribution in [0.3, 0.4) is 0 Å². The second-order valence-corrected chi connectivity index (χ2v) is 6.72. The molecule has 7 nitrogen and oxygen atoms in total. The molecular formula is C19H18N4O3S. The van der Waals surface area contributed by atoms with Crippen LogP contribution < -0.4 is 16.2 Å². The van der Waals surface area contributed by atoms with E-state index in [0.29, 0.717) is 11.3 Å². The molecule has 2 N–H and O–H groups in total. The minimum absolute atomic E-state index is 0.171. The Bertz CT molecular complexity index is 995. The van der Waals surface area contributed by atoms with Crippen LogP contribution in [-0.4, -0.2) is 28.1 Å². The van der Waals surface area contributed by atoms with Crippen molar-refractivity contribution in [2.24, 2.45) is 0 Å². The fourth-order valence-corrected chi connectivity index (χ4v) is 3.14. The zero-order chi connectivity index (χ0) is 19.2. The molecule has 0 saturated heterocycles. The molecule has 0 saturated carbocycles. The molecule has 2 aromatic heterocycles. The summed E-state index contributed by atoms with van der Waals surface area (Å²) in [7, 11) is 0. The summed E-state index contributed by atoms with van der Waals surface area (Å²) in [5, 5.41) is 11.7. The van der Waals surface area contributed by atoms with E-state index in [1.54, 1.807) is 41.7 Å². The van der Waals surface area contributed by atoms with E-state index >= 15 is 0 Å². The Morgan fingerprint density at radius 3 is 2.56 bits per heavy atom. The van der Waals surface area contributed by atoms with Gasteiger partial charge < -0.3 is 10.6 Å². The van der Waals surface area contributed by atoms with Crippen LogP contribution in [-0.2, 0) is 11.3 Å². The molecule has 138 valence electrons. The van der Waals surface area contributed by atoms with Gasteiger partial charge in [-0.15, -0.1) is 11.3 Å². The van der Waals surface area contributed by atoms with Crippen LogP contribution in [0.4, 0.5) is 5.69 Å². The third-order valence-corrected chi connectivity index (χ3v) is 4.61. The average molecular weight is 382 g/mol. The molecule has 27 heavy (non-hydrogen) atoms.